The summed E-state index contributed by atoms with van der Waals surface area (Å²) >= 11 is 6.01. The number of pyridine rings is 1. The third kappa shape index (κ3) is 4.82. The Balaban J connectivity index is 1.81. The van der Waals surface area contributed by atoms with Crippen molar-refractivity contribution >= 4 is 27.5 Å². The summed E-state index contributed by atoms with van der Waals surface area (Å²) in [6.07, 6.45) is 3.23. The molecule has 1 saturated heterocycles. The van der Waals surface area contributed by atoms with Gasteiger partial charge in [-0.2, -0.15) is 0 Å². The number of nitrogens with zero attached hydrogens (tertiary/aromatic N) is 2. The van der Waals surface area contributed by atoms with Crippen molar-refractivity contribution in [3.8, 4) is 0 Å². The third-order valence-corrected chi connectivity index (χ3v) is 7.91. The predicted octanol–water partition coefficient (Wildman–Crippen LogP) is 3.38. The van der Waals surface area contributed by atoms with E-state index < -0.39 is 27.2 Å². The number of hydrogen-bond donors (Lipinski definition) is 1. The first-order valence-corrected chi connectivity index (χ1v) is 11.9. The summed E-state index contributed by atoms with van der Waals surface area (Å²) < 4.78 is 40.5. The average Bonchev–Trinajstić information content (AvgIpc) is 2.73. The van der Waals surface area contributed by atoms with Crippen LogP contribution in [0.2, 0.25) is 5.02 Å². The first-order chi connectivity index (χ1) is 14.3. The zero-order valence-corrected chi connectivity index (χ0v) is 18.3. The molecule has 6 nitrogen and oxygen atoms in total. The van der Waals surface area contributed by atoms with Crippen LogP contribution in [0.15, 0.2) is 42.6 Å². The van der Waals surface area contributed by atoms with Crippen LogP contribution >= 0.6 is 11.6 Å². The van der Waals surface area contributed by atoms with Gasteiger partial charge in [0, 0.05) is 36.9 Å². The van der Waals surface area contributed by atoms with Gasteiger partial charge in [0.2, 0.25) is 10.0 Å². The van der Waals surface area contributed by atoms with E-state index in [-0.39, 0.29) is 22.9 Å². The second kappa shape index (κ2) is 9.41. The molecule has 0 radical (unpaired) electrons. The maximum atomic E-state index is 14.1. The van der Waals surface area contributed by atoms with Crippen molar-refractivity contribution in [2.45, 2.75) is 31.6 Å². The van der Waals surface area contributed by atoms with Gasteiger partial charge in [0.1, 0.15) is 5.82 Å². The van der Waals surface area contributed by atoms with Gasteiger partial charge in [0.15, 0.2) is 0 Å². The maximum absolute atomic E-state index is 14.1. The highest BCUT2D eigenvalue weighted by Crippen LogP contribution is 2.35. The molecule has 9 heteroatoms. The molecular weight excluding hydrogens is 429 g/mol. The minimum absolute atomic E-state index is 0.0415. The Labute approximate surface area is 181 Å². The number of rotatable bonds is 7. The van der Waals surface area contributed by atoms with Crippen LogP contribution in [0.1, 0.15) is 42.2 Å². The van der Waals surface area contributed by atoms with Crippen molar-refractivity contribution in [2.75, 3.05) is 25.4 Å². The molecule has 3 rings (SSSR count). The van der Waals surface area contributed by atoms with E-state index in [1.807, 2.05) is 19.1 Å². The van der Waals surface area contributed by atoms with Gasteiger partial charge in [-0.05, 0) is 43.5 Å². The van der Waals surface area contributed by atoms with E-state index in [1.54, 1.807) is 12.3 Å². The quantitative estimate of drug-likeness (QED) is 0.697. The lowest BCUT2D eigenvalue weighted by Gasteiger charge is -2.41. The van der Waals surface area contributed by atoms with E-state index >= 15 is 0 Å². The molecule has 1 aromatic carbocycles. The van der Waals surface area contributed by atoms with E-state index in [0.717, 1.165) is 5.69 Å². The number of hydrogen-bond acceptors (Lipinski definition) is 4. The monoisotopic (exact) mass is 453 g/mol. The summed E-state index contributed by atoms with van der Waals surface area (Å²) in [6, 6.07) is 9.63. The lowest BCUT2D eigenvalue weighted by molar-refractivity contribution is 0.0928. The smallest absolute Gasteiger partial charge is 0.255 e. The fourth-order valence-electron chi connectivity index (χ4n) is 3.83. The van der Waals surface area contributed by atoms with Gasteiger partial charge >= 0.3 is 0 Å². The summed E-state index contributed by atoms with van der Waals surface area (Å²) in [6.45, 7) is 2.72. The van der Waals surface area contributed by atoms with Crippen molar-refractivity contribution in [1.29, 1.82) is 0 Å². The standard InChI is InChI=1S/C21H25ClFN3O3S/c1-2-14-30(28,29)26-12-9-21(10-13-26,18-8-3-4-11-24-18)15-25-20(27)19-16(22)6-5-7-17(19)23/h3-8,11H,2,9-10,12-15H2,1H3,(H,25,27). The molecule has 0 atom stereocenters. The number of halogens is 2. The van der Waals surface area contributed by atoms with Crippen LogP contribution in [0.5, 0.6) is 0 Å². The number of sulfonamides is 1. The molecule has 2 heterocycles. The van der Waals surface area contributed by atoms with Crippen molar-refractivity contribution in [1.82, 2.24) is 14.6 Å². The normalized spacial score (nSPS) is 16.9. The Kier molecular flexibility index (Phi) is 7.10. The fourth-order valence-corrected chi connectivity index (χ4v) is 5.59. The summed E-state index contributed by atoms with van der Waals surface area (Å²) in [5, 5.41) is 2.84. The van der Waals surface area contributed by atoms with Gasteiger partial charge in [-0.1, -0.05) is 30.7 Å². The SMILES string of the molecule is CCCS(=O)(=O)N1CCC(CNC(=O)c2c(F)cccc2Cl)(c2ccccn2)CC1. The van der Waals surface area contributed by atoms with Crippen LogP contribution in [-0.2, 0) is 15.4 Å². The summed E-state index contributed by atoms with van der Waals surface area (Å²) in [7, 11) is -3.29. The molecule has 0 saturated carbocycles. The van der Waals surface area contributed by atoms with Crippen LogP contribution in [0, 0.1) is 5.82 Å². The zero-order valence-electron chi connectivity index (χ0n) is 16.8. The van der Waals surface area contributed by atoms with Crippen molar-refractivity contribution < 1.29 is 17.6 Å². The Hall–Kier alpha value is -2.03. The van der Waals surface area contributed by atoms with Gasteiger partial charge in [-0.3, -0.25) is 9.78 Å². The summed E-state index contributed by atoms with van der Waals surface area (Å²) in [4.78, 5) is 17.1. The number of amides is 1. The number of aromatic nitrogens is 1. The Bertz CT molecular complexity index is 974. The van der Waals surface area contributed by atoms with E-state index in [0.29, 0.717) is 32.4 Å². The topological polar surface area (TPSA) is 79.4 Å². The zero-order chi connectivity index (χ0) is 21.8. The first kappa shape index (κ1) is 22.7. The van der Waals surface area contributed by atoms with Crippen LogP contribution in [0.4, 0.5) is 4.39 Å². The van der Waals surface area contributed by atoms with Crippen molar-refractivity contribution in [3.63, 3.8) is 0 Å². The van der Waals surface area contributed by atoms with Crippen LogP contribution in [0.3, 0.4) is 0 Å². The van der Waals surface area contributed by atoms with E-state index in [4.69, 9.17) is 11.6 Å². The van der Waals surface area contributed by atoms with Crippen LogP contribution in [-0.4, -0.2) is 49.0 Å². The minimum Gasteiger partial charge on any atom is -0.351 e. The molecule has 1 aromatic heterocycles. The summed E-state index contributed by atoms with van der Waals surface area (Å²) in [5.74, 6) is -1.17. The molecule has 1 aliphatic rings. The molecule has 30 heavy (non-hydrogen) atoms. The summed E-state index contributed by atoms with van der Waals surface area (Å²) in [5.41, 5.74) is 0.0307. The highest BCUT2D eigenvalue weighted by molar-refractivity contribution is 7.89. The minimum atomic E-state index is -3.29. The van der Waals surface area contributed by atoms with Gasteiger partial charge in [0.25, 0.3) is 5.91 Å². The molecular formula is C21H25ClFN3O3S. The number of piperidine rings is 1. The second-order valence-corrected chi connectivity index (χ2v) is 9.99. The molecule has 162 valence electrons. The lowest BCUT2D eigenvalue weighted by Crippen LogP contribution is -2.51. The van der Waals surface area contributed by atoms with E-state index in [1.165, 1.54) is 22.5 Å². The fraction of sp³-hybridized carbons (Fsp3) is 0.429. The molecule has 1 N–H and O–H groups in total. The van der Waals surface area contributed by atoms with Gasteiger partial charge in [-0.25, -0.2) is 17.1 Å². The predicted molar refractivity (Wildman–Crippen MR) is 115 cm³/mol. The molecule has 1 aliphatic heterocycles. The molecule has 0 spiro atoms. The lowest BCUT2D eigenvalue weighted by atomic mass is 9.75. The molecule has 1 fully saturated rings. The third-order valence-electron chi connectivity index (χ3n) is 5.52. The number of nitrogens with one attached hydrogen (secondary N) is 1. The number of benzene rings is 1. The number of carbonyl (C=O) groups is 1. The van der Waals surface area contributed by atoms with Gasteiger partial charge in [0.05, 0.1) is 16.3 Å². The molecule has 1 amide bonds. The van der Waals surface area contributed by atoms with E-state index in [9.17, 15) is 17.6 Å². The largest absolute Gasteiger partial charge is 0.351 e. The Morgan fingerprint density at radius 2 is 1.97 bits per heavy atom. The maximum Gasteiger partial charge on any atom is 0.255 e. The molecule has 0 bridgehead atoms. The highest BCUT2D eigenvalue weighted by atomic mass is 35.5. The van der Waals surface area contributed by atoms with Crippen LogP contribution < -0.4 is 5.32 Å². The molecule has 2 aromatic rings. The van der Waals surface area contributed by atoms with Gasteiger partial charge in [-0.15, -0.1) is 0 Å². The first-order valence-electron chi connectivity index (χ1n) is 9.90. The number of carbonyl (C=O) groups excluding carboxylic acids is 1. The van der Waals surface area contributed by atoms with Crippen LogP contribution in [0.25, 0.3) is 0 Å². The van der Waals surface area contributed by atoms with E-state index in [2.05, 4.69) is 10.3 Å². The van der Waals surface area contributed by atoms with Gasteiger partial charge < -0.3 is 5.32 Å². The average molecular weight is 454 g/mol. The van der Waals surface area contributed by atoms with Crippen molar-refractivity contribution in [2.24, 2.45) is 0 Å². The second-order valence-electron chi connectivity index (χ2n) is 7.49. The highest BCUT2D eigenvalue weighted by Gasteiger charge is 2.40. The molecule has 0 aliphatic carbocycles. The Morgan fingerprint density at radius 1 is 1.23 bits per heavy atom. The molecule has 0 unspecified atom stereocenters. The van der Waals surface area contributed by atoms with Crippen molar-refractivity contribution in [3.05, 3.63) is 64.7 Å². The Morgan fingerprint density at radius 3 is 2.57 bits per heavy atom.